The fourth-order valence-corrected chi connectivity index (χ4v) is 1.44. The van der Waals surface area contributed by atoms with E-state index in [0.717, 1.165) is 23.2 Å². The minimum Gasteiger partial charge on any atom is -0.369 e. The molecule has 0 aliphatic carbocycles. The van der Waals surface area contributed by atoms with E-state index in [-0.39, 0.29) is 0 Å². The van der Waals surface area contributed by atoms with Crippen LogP contribution in [0.5, 0.6) is 0 Å². The number of carbonyl (C=O) groups excluding carboxylic acids is 1. The highest BCUT2D eigenvalue weighted by molar-refractivity contribution is 5.61. The summed E-state index contributed by atoms with van der Waals surface area (Å²) < 4.78 is 6.79. The van der Waals surface area contributed by atoms with Crippen LogP contribution in [0.4, 0.5) is 0 Å². The predicted octanol–water partition coefficient (Wildman–Crippen LogP) is 0.923. The van der Waals surface area contributed by atoms with Gasteiger partial charge in [0.05, 0.1) is 5.69 Å². The summed E-state index contributed by atoms with van der Waals surface area (Å²) in [6.07, 6.45) is 0.297. The van der Waals surface area contributed by atoms with Gasteiger partial charge in [-0.3, -0.25) is 4.68 Å². The second-order valence-corrected chi connectivity index (χ2v) is 3.00. The molecule has 1 aromatic heterocycles. The smallest absolute Gasteiger partial charge is 0.153 e. The fourth-order valence-electron chi connectivity index (χ4n) is 1.44. The lowest BCUT2D eigenvalue weighted by Gasteiger charge is -2.08. The number of aldehydes is 1. The maximum absolute atomic E-state index is 10.7. The quantitative estimate of drug-likeness (QED) is 0.653. The third-order valence-electron chi connectivity index (χ3n) is 2.23. The average molecular weight is 182 g/mol. The van der Waals surface area contributed by atoms with Crippen LogP contribution in [0.3, 0.4) is 0 Å². The summed E-state index contributed by atoms with van der Waals surface area (Å²) in [6, 6.07) is 0. The predicted molar refractivity (Wildman–Crippen MR) is 48.5 cm³/mol. The van der Waals surface area contributed by atoms with Gasteiger partial charge in [0.15, 0.2) is 6.29 Å². The highest BCUT2D eigenvalue weighted by Crippen LogP contribution is 2.21. The van der Waals surface area contributed by atoms with Gasteiger partial charge in [-0.15, -0.1) is 0 Å². The van der Waals surface area contributed by atoms with E-state index in [1.165, 1.54) is 7.11 Å². The first-order chi connectivity index (χ1) is 6.11. The van der Waals surface area contributed by atoms with Crippen LogP contribution < -0.4 is 0 Å². The SMILES string of the molecule is COC(C=O)c1c(C)nn(C)c1C. The van der Waals surface area contributed by atoms with Crippen molar-refractivity contribution in [1.82, 2.24) is 9.78 Å². The molecule has 1 aromatic rings. The highest BCUT2D eigenvalue weighted by Gasteiger charge is 2.18. The lowest BCUT2D eigenvalue weighted by molar-refractivity contribution is -0.116. The molecule has 1 heterocycles. The number of carbonyl (C=O) groups is 1. The van der Waals surface area contributed by atoms with Gasteiger partial charge in [-0.25, -0.2) is 0 Å². The van der Waals surface area contributed by atoms with Crippen LogP contribution in [0.1, 0.15) is 23.1 Å². The summed E-state index contributed by atoms with van der Waals surface area (Å²) in [7, 11) is 3.37. The second-order valence-electron chi connectivity index (χ2n) is 3.00. The van der Waals surface area contributed by atoms with Crippen molar-refractivity contribution in [2.45, 2.75) is 20.0 Å². The lowest BCUT2D eigenvalue weighted by atomic mass is 10.1. The number of aryl methyl sites for hydroxylation is 2. The number of methoxy groups -OCH3 is 1. The zero-order valence-electron chi connectivity index (χ0n) is 8.37. The molecule has 0 aromatic carbocycles. The van der Waals surface area contributed by atoms with Crippen molar-refractivity contribution in [3.8, 4) is 0 Å². The molecule has 0 spiro atoms. The van der Waals surface area contributed by atoms with Gasteiger partial charge < -0.3 is 9.53 Å². The Labute approximate surface area is 77.5 Å². The largest absolute Gasteiger partial charge is 0.369 e. The number of nitrogens with zero attached hydrogens (tertiary/aromatic N) is 2. The number of hydrogen-bond acceptors (Lipinski definition) is 3. The van der Waals surface area contributed by atoms with Crippen molar-refractivity contribution in [3.05, 3.63) is 17.0 Å². The van der Waals surface area contributed by atoms with Crippen LogP contribution in [0.25, 0.3) is 0 Å². The van der Waals surface area contributed by atoms with Crippen molar-refractivity contribution < 1.29 is 9.53 Å². The Kier molecular flexibility index (Phi) is 2.83. The Bertz CT molecular complexity index is 318. The van der Waals surface area contributed by atoms with E-state index in [2.05, 4.69) is 5.10 Å². The van der Waals surface area contributed by atoms with E-state index in [4.69, 9.17) is 4.74 Å². The summed E-state index contributed by atoms with van der Waals surface area (Å²) in [6.45, 7) is 3.79. The van der Waals surface area contributed by atoms with E-state index in [0.29, 0.717) is 0 Å². The van der Waals surface area contributed by atoms with Crippen molar-refractivity contribution >= 4 is 6.29 Å². The summed E-state index contributed by atoms with van der Waals surface area (Å²) in [5.41, 5.74) is 2.69. The molecule has 0 amide bonds. The molecule has 13 heavy (non-hydrogen) atoms. The van der Waals surface area contributed by atoms with Crippen molar-refractivity contribution in [3.63, 3.8) is 0 Å². The van der Waals surface area contributed by atoms with E-state index in [1.54, 1.807) is 4.68 Å². The van der Waals surface area contributed by atoms with Gasteiger partial charge in [-0.1, -0.05) is 0 Å². The van der Waals surface area contributed by atoms with E-state index >= 15 is 0 Å². The molecule has 72 valence electrons. The first kappa shape index (κ1) is 9.92. The third-order valence-corrected chi connectivity index (χ3v) is 2.23. The maximum Gasteiger partial charge on any atom is 0.153 e. The monoisotopic (exact) mass is 182 g/mol. The molecule has 0 aliphatic rings. The van der Waals surface area contributed by atoms with Gasteiger partial charge in [-0.2, -0.15) is 5.10 Å². The minimum absolute atomic E-state index is 0.492. The number of ether oxygens (including phenoxy) is 1. The van der Waals surface area contributed by atoms with E-state index in [1.807, 2.05) is 20.9 Å². The van der Waals surface area contributed by atoms with Crippen LogP contribution in [0.15, 0.2) is 0 Å². The number of hydrogen-bond donors (Lipinski definition) is 0. The second kappa shape index (κ2) is 3.70. The Morgan fingerprint density at radius 3 is 2.46 bits per heavy atom. The molecule has 0 N–H and O–H groups in total. The molecular weight excluding hydrogens is 168 g/mol. The first-order valence-corrected chi connectivity index (χ1v) is 4.10. The van der Waals surface area contributed by atoms with Crippen LogP contribution >= 0.6 is 0 Å². The molecule has 0 saturated carbocycles. The summed E-state index contributed by atoms with van der Waals surface area (Å²) in [5, 5.41) is 4.21. The highest BCUT2D eigenvalue weighted by atomic mass is 16.5. The lowest BCUT2D eigenvalue weighted by Crippen LogP contribution is -2.05. The van der Waals surface area contributed by atoms with E-state index < -0.39 is 6.10 Å². The summed E-state index contributed by atoms with van der Waals surface area (Å²) in [4.78, 5) is 10.7. The molecule has 1 rings (SSSR count). The summed E-state index contributed by atoms with van der Waals surface area (Å²) in [5.74, 6) is 0. The maximum atomic E-state index is 10.7. The van der Waals surface area contributed by atoms with Gasteiger partial charge in [0.25, 0.3) is 0 Å². The molecule has 0 saturated heterocycles. The molecule has 0 aliphatic heterocycles. The van der Waals surface area contributed by atoms with E-state index in [9.17, 15) is 4.79 Å². The van der Waals surface area contributed by atoms with Gasteiger partial charge in [0, 0.05) is 25.4 Å². The average Bonchev–Trinajstić information content (AvgIpc) is 2.34. The Hall–Kier alpha value is -1.16. The molecule has 0 fully saturated rings. The van der Waals surface area contributed by atoms with Crippen LogP contribution in [0.2, 0.25) is 0 Å². The molecule has 1 unspecified atom stereocenters. The standard InChI is InChI=1S/C9H14N2O2/c1-6-9(8(5-12)13-4)7(2)11(3)10-6/h5,8H,1-4H3. The summed E-state index contributed by atoms with van der Waals surface area (Å²) >= 11 is 0. The Morgan fingerprint density at radius 1 is 1.54 bits per heavy atom. The fraction of sp³-hybridized carbons (Fsp3) is 0.556. The van der Waals surface area contributed by atoms with Crippen molar-refractivity contribution in [2.24, 2.45) is 7.05 Å². The molecule has 4 nitrogen and oxygen atoms in total. The van der Waals surface area contributed by atoms with Gasteiger partial charge in [0.2, 0.25) is 0 Å². The number of rotatable bonds is 3. The minimum atomic E-state index is -0.492. The van der Waals surface area contributed by atoms with Crippen molar-refractivity contribution in [2.75, 3.05) is 7.11 Å². The van der Waals surface area contributed by atoms with Gasteiger partial charge in [0.1, 0.15) is 6.10 Å². The molecule has 0 radical (unpaired) electrons. The molecule has 1 atom stereocenters. The zero-order chi connectivity index (χ0) is 10.0. The first-order valence-electron chi connectivity index (χ1n) is 4.10. The Morgan fingerprint density at radius 2 is 2.15 bits per heavy atom. The van der Waals surface area contributed by atoms with Gasteiger partial charge in [-0.05, 0) is 13.8 Å². The zero-order valence-corrected chi connectivity index (χ0v) is 8.37. The topological polar surface area (TPSA) is 44.1 Å². The number of aromatic nitrogens is 2. The molecule has 4 heteroatoms. The molecular formula is C9H14N2O2. The third kappa shape index (κ3) is 1.62. The normalized spacial score (nSPS) is 12.9. The molecule has 0 bridgehead atoms. The Balaban J connectivity index is 3.18. The van der Waals surface area contributed by atoms with Crippen LogP contribution in [-0.2, 0) is 16.6 Å². The van der Waals surface area contributed by atoms with Crippen LogP contribution in [-0.4, -0.2) is 23.2 Å². The van der Waals surface area contributed by atoms with Gasteiger partial charge >= 0.3 is 0 Å². The van der Waals surface area contributed by atoms with Crippen molar-refractivity contribution in [1.29, 1.82) is 0 Å². The van der Waals surface area contributed by atoms with Crippen LogP contribution in [0, 0.1) is 13.8 Å².